The molecule has 1 fully saturated rings. The fourth-order valence-electron chi connectivity index (χ4n) is 6.01. The van der Waals surface area contributed by atoms with Crippen molar-refractivity contribution in [1.82, 2.24) is 9.88 Å². The molecule has 4 rings (SSSR count). The maximum Gasteiger partial charge on any atom is 0.340 e. The molecule has 1 saturated heterocycles. The third kappa shape index (κ3) is 8.45. The summed E-state index contributed by atoms with van der Waals surface area (Å²) in [6, 6.07) is 15.3. The number of hydrogen-bond donors (Lipinski definition) is 0. The minimum atomic E-state index is -0.897. The molecule has 1 aromatic heterocycles. The first-order chi connectivity index (χ1) is 20.7. The SMILES string of the molecule is CCOC(=O)[C@@H](OC(C)(C)C)c1c(C)nc(C)c(-c2ccc(CN(C)Cc3ccc(F)cc3)cc2)c1N1CCC(C)(C)CC1. The van der Waals surface area contributed by atoms with Crippen LogP contribution in [-0.4, -0.2) is 48.2 Å². The quantitative estimate of drug-likeness (QED) is 0.218. The molecule has 6 nitrogen and oxygen atoms in total. The fourth-order valence-corrected chi connectivity index (χ4v) is 6.01. The molecule has 0 saturated carbocycles. The van der Waals surface area contributed by atoms with Gasteiger partial charge in [-0.2, -0.15) is 0 Å². The van der Waals surface area contributed by atoms with Gasteiger partial charge in [-0.25, -0.2) is 9.18 Å². The van der Waals surface area contributed by atoms with Crippen molar-refractivity contribution in [2.24, 2.45) is 5.41 Å². The van der Waals surface area contributed by atoms with Crippen molar-refractivity contribution in [2.45, 2.75) is 93.0 Å². The monoisotopic (exact) mass is 603 g/mol. The van der Waals surface area contributed by atoms with Gasteiger partial charge < -0.3 is 14.4 Å². The molecule has 0 amide bonds. The molecule has 0 aliphatic carbocycles. The van der Waals surface area contributed by atoms with E-state index in [9.17, 15) is 9.18 Å². The van der Waals surface area contributed by atoms with Crippen LogP contribution < -0.4 is 4.90 Å². The van der Waals surface area contributed by atoms with Crippen LogP contribution in [-0.2, 0) is 27.4 Å². The van der Waals surface area contributed by atoms with Crippen LogP contribution in [0.2, 0.25) is 0 Å². The molecular weight excluding hydrogens is 553 g/mol. The molecule has 0 spiro atoms. The van der Waals surface area contributed by atoms with E-state index in [1.165, 1.54) is 17.7 Å². The Kier molecular flexibility index (Phi) is 10.5. The van der Waals surface area contributed by atoms with E-state index in [0.717, 1.165) is 78.3 Å². The maximum absolute atomic E-state index is 13.5. The van der Waals surface area contributed by atoms with Crippen molar-refractivity contribution in [1.29, 1.82) is 0 Å². The van der Waals surface area contributed by atoms with Gasteiger partial charge >= 0.3 is 5.97 Å². The number of nitrogens with zero attached hydrogens (tertiary/aromatic N) is 3. The molecule has 1 aliphatic heterocycles. The van der Waals surface area contributed by atoms with Crippen molar-refractivity contribution in [3.8, 4) is 11.1 Å². The zero-order valence-electron chi connectivity index (χ0n) is 28.1. The van der Waals surface area contributed by atoms with Crippen LogP contribution in [0.1, 0.15) is 88.6 Å². The molecule has 2 heterocycles. The maximum atomic E-state index is 13.5. The Bertz CT molecular complexity index is 1420. The predicted octanol–water partition coefficient (Wildman–Crippen LogP) is 8.18. The van der Waals surface area contributed by atoms with Crippen LogP contribution in [0.5, 0.6) is 0 Å². The van der Waals surface area contributed by atoms with E-state index in [2.05, 4.69) is 61.9 Å². The van der Waals surface area contributed by atoms with Crippen LogP contribution in [0, 0.1) is 25.1 Å². The number of carbonyl (C=O) groups excluding carboxylic acids is 1. The van der Waals surface area contributed by atoms with Crippen LogP contribution >= 0.6 is 0 Å². The Morgan fingerprint density at radius 3 is 2.05 bits per heavy atom. The smallest absolute Gasteiger partial charge is 0.340 e. The second-order valence-corrected chi connectivity index (χ2v) is 13.9. The minimum Gasteiger partial charge on any atom is -0.464 e. The lowest BCUT2D eigenvalue weighted by Crippen LogP contribution is -2.39. The number of ether oxygens (including phenoxy) is 2. The summed E-state index contributed by atoms with van der Waals surface area (Å²) in [7, 11) is 2.07. The van der Waals surface area contributed by atoms with Crippen LogP contribution in [0.25, 0.3) is 11.1 Å². The highest BCUT2D eigenvalue weighted by Crippen LogP contribution is 2.45. The summed E-state index contributed by atoms with van der Waals surface area (Å²) in [5.41, 5.74) is 7.55. The van der Waals surface area contributed by atoms with E-state index >= 15 is 0 Å². The molecule has 0 radical (unpaired) electrons. The molecular formula is C37H50FN3O3. The van der Waals surface area contributed by atoms with Crippen LogP contribution in [0.4, 0.5) is 10.1 Å². The molecule has 0 bridgehead atoms. The van der Waals surface area contributed by atoms with Gasteiger partial charge in [0.25, 0.3) is 0 Å². The molecule has 0 unspecified atom stereocenters. The summed E-state index contributed by atoms with van der Waals surface area (Å²) in [6.07, 6.45) is 1.21. The lowest BCUT2D eigenvalue weighted by atomic mass is 9.81. The summed E-state index contributed by atoms with van der Waals surface area (Å²) < 4.78 is 25.4. The number of anilines is 1. The second kappa shape index (κ2) is 13.8. The first-order valence-electron chi connectivity index (χ1n) is 15.8. The first kappa shape index (κ1) is 33.6. The van der Waals surface area contributed by atoms with Crippen molar-refractivity contribution < 1.29 is 18.7 Å². The zero-order chi connectivity index (χ0) is 32.2. The van der Waals surface area contributed by atoms with Crippen LogP contribution in [0.3, 0.4) is 0 Å². The largest absolute Gasteiger partial charge is 0.464 e. The van der Waals surface area contributed by atoms with Gasteiger partial charge in [0.2, 0.25) is 0 Å². The number of halogens is 1. The summed E-state index contributed by atoms with van der Waals surface area (Å²) in [5, 5.41) is 0. The molecule has 2 aromatic carbocycles. The van der Waals surface area contributed by atoms with E-state index in [-0.39, 0.29) is 23.8 Å². The van der Waals surface area contributed by atoms with Crippen molar-refractivity contribution in [2.75, 3.05) is 31.6 Å². The third-order valence-corrected chi connectivity index (χ3v) is 8.31. The van der Waals surface area contributed by atoms with E-state index in [0.29, 0.717) is 0 Å². The summed E-state index contributed by atoms with van der Waals surface area (Å²) in [5.74, 6) is -0.609. The Morgan fingerprint density at radius 1 is 0.977 bits per heavy atom. The van der Waals surface area contributed by atoms with Gasteiger partial charge in [-0.05, 0) is 95.7 Å². The Morgan fingerprint density at radius 2 is 1.52 bits per heavy atom. The lowest BCUT2D eigenvalue weighted by molar-refractivity contribution is -0.166. The molecule has 238 valence electrons. The van der Waals surface area contributed by atoms with E-state index in [1.54, 1.807) is 0 Å². The van der Waals surface area contributed by atoms with Gasteiger partial charge in [-0.3, -0.25) is 9.88 Å². The topological polar surface area (TPSA) is 54.9 Å². The van der Waals surface area contributed by atoms with E-state index in [1.807, 2.05) is 46.8 Å². The van der Waals surface area contributed by atoms with Gasteiger partial charge in [0.15, 0.2) is 6.10 Å². The number of hydrogen-bond acceptors (Lipinski definition) is 6. The molecule has 0 N–H and O–H groups in total. The number of rotatable bonds is 10. The third-order valence-electron chi connectivity index (χ3n) is 8.31. The highest BCUT2D eigenvalue weighted by atomic mass is 19.1. The number of piperidine rings is 1. The van der Waals surface area contributed by atoms with Crippen molar-refractivity contribution in [3.63, 3.8) is 0 Å². The second-order valence-electron chi connectivity index (χ2n) is 13.9. The number of aromatic nitrogens is 1. The number of esters is 1. The summed E-state index contributed by atoms with van der Waals surface area (Å²) >= 11 is 0. The minimum absolute atomic E-state index is 0.220. The van der Waals surface area contributed by atoms with E-state index < -0.39 is 11.7 Å². The van der Waals surface area contributed by atoms with Gasteiger partial charge in [-0.15, -0.1) is 0 Å². The summed E-state index contributed by atoms with van der Waals surface area (Å²) in [6.45, 7) is 19.9. The zero-order valence-corrected chi connectivity index (χ0v) is 28.1. The average Bonchev–Trinajstić information content (AvgIpc) is 2.93. The molecule has 44 heavy (non-hydrogen) atoms. The lowest BCUT2D eigenvalue weighted by Gasteiger charge is -2.41. The molecule has 7 heteroatoms. The van der Waals surface area contributed by atoms with Gasteiger partial charge in [0.05, 0.1) is 17.9 Å². The van der Waals surface area contributed by atoms with Gasteiger partial charge in [0, 0.05) is 48.7 Å². The first-order valence-corrected chi connectivity index (χ1v) is 15.8. The summed E-state index contributed by atoms with van der Waals surface area (Å²) in [4.78, 5) is 23.2. The van der Waals surface area contributed by atoms with Gasteiger partial charge in [-0.1, -0.05) is 50.2 Å². The normalized spacial score (nSPS) is 15.8. The Labute approximate surface area is 263 Å². The number of carbonyl (C=O) groups is 1. The number of pyridine rings is 1. The fraction of sp³-hybridized carbons (Fsp3) is 0.514. The van der Waals surface area contributed by atoms with Crippen LogP contribution in [0.15, 0.2) is 48.5 Å². The predicted molar refractivity (Wildman–Crippen MR) is 176 cm³/mol. The number of aryl methyl sites for hydroxylation is 2. The molecule has 1 aliphatic rings. The Hall–Kier alpha value is -3.29. The Balaban J connectivity index is 1.76. The number of benzene rings is 2. The molecule has 1 atom stereocenters. The van der Waals surface area contributed by atoms with Gasteiger partial charge in [0.1, 0.15) is 5.82 Å². The van der Waals surface area contributed by atoms with Crippen molar-refractivity contribution in [3.05, 3.63) is 82.4 Å². The van der Waals surface area contributed by atoms with Crippen molar-refractivity contribution >= 4 is 11.7 Å². The molecule has 3 aromatic rings. The van der Waals surface area contributed by atoms with E-state index in [4.69, 9.17) is 14.5 Å². The average molecular weight is 604 g/mol. The standard InChI is InChI=1S/C37H50FN3O3/c1-10-43-35(42)34(44-36(4,5)6)32-26(3)39-25(2)31(33(32)41-21-19-37(7,8)20-22-41)29-15-11-27(12-16-29)23-40(9)24-28-13-17-30(38)18-14-28/h11-18,34H,10,19-24H2,1-9H3/t34-/m0/s1. The highest BCUT2D eigenvalue weighted by Gasteiger charge is 2.37. The highest BCUT2D eigenvalue weighted by molar-refractivity contribution is 5.88.